The van der Waals surface area contributed by atoms with E-state index in [9.17, 15) is 0 Å². The van der Waals surface area contributed by atoms with Gasteiger partial charge in [-0.2, -0.15) is 0 Å². The maximum atomic E-state index is 4.66. The van der Waals surface area contributed by atoms with Gasteiger partial charge in [0.2, 0.25) is 0 Å². The molecule has 0 fully saturated rings. The molecule has 154 valence electrons. The van der Waals surface area contributed by atoms with Crippen molar-refractivity contribution in [3.63, 3.8) is 0 Å². The number of benzene rings is 2. The zero-order valence-electron chi connectivity index (χ0n) is 17.8. The largest absolute Gasteiger partial charge is 0.375 e. The predicted octanol–water partition coefficient (Wildman–Crippen LogP) is 4.43. The molecule has 1 N–H and O–H groups in total. The topological polar surface area (TPSA) is 58.9 Å². The number of aryl methyl sites for hydroxylation is 2. The lowest BCUT2D eigenvalue weighted by atomic mass is 10.3. The molecule has 6 nitrogen and oxygen atoms in total. The monoisotopic (exact) mass is 400 g/mol. The number of hydrogen-bond donors (Lipinski definition) is 1. The molecule has 0 aliphatic carbocycles. The van der Waals surface area contributed by atoms with E-state index in [0.29, 0.717) is 6.54 Å². The Labute approximate surface area is 177 Å². The number of rotatable bonds is 8. The number of imidazole rings is 1. The molecule has 0 radical (unpaired) electrons. The van der Waals surface area contributed by atoms with Gasteiger partial charge in [0.25, 0.3) is 0 Å². The standard InChI is InChI=1S/C24H28N6/c1-18-26-20(17-30-19(2)28-22-12-7-8-13-23(22)30)16-24(27-18)25-14-9-15-29(3)21-10-5-4-6-11-21/h4-8,10-13,16H,9,14-15,17H2,1-3H3,(H,25,26,27). The highest BCUT2D eigenvalue weighted by Gasteiger charge is 2.09. The Kier molecular flexibility index (Phi) is 5.93. The normalized spacial score (nSPS) is 11.0. The molecule has 6 heteroatoms. The first kappa shape index (κ1) is 19.9. The highest BCUT2D eigenvalue weighted by molar-refractivity contribution is 5.75. The second kappa shape index (κ2) is 8.95. The molecule has 0 bridgehead atoms. The lowest BCUT2D eigenvalue weighted by Gasteiger charge is -2.19. The van der Waals surface area contributed by atoms with Crippen molar-refractivity contribution >= 4 is 22.5 Å². The molecule has 2 heterocycles. The number of aromatic nitrogens is 4. The fourth-order valence-electron chi connectivity index (χ4n) is 3.70. The van der Waals surface area contributed by atoms with Gasteiger partial charge in [0.15, 0.2) is 0 Å². The molecule has 0 atom stereocenters. The minimum Gasteiger partial charge on any atom is -0.375 e. The molecular weight excluding hydrogens is 372 g/mol. The molecule has 2 aromatic heterocycles. The fraction of sp³-hybridized carbons (Fsp3) is 0.292. The molecule has 0 spiro atoms. The van der Waals surface area contributed by atoms with Crippen LogP contribution in [0.5, 0.6) is 0 Å². The number of fused-ring (bicyclic) bond motifs is 1. The van der Waals surface area contributed by atoms with Gasteiger partial charge >= 0.3 is 0 Å². The number of hydrogen-bond acceptors (Lipinski definition) is 5. The van der Waals surface area contributed by atoms with Crippen molar-refractivity contribution in [3.8, 4) is 0 Å². The smallest absolute Gasteiger partial charge is 0.129 e. The minimum absolute atomic E-state index is 0.682. The van der Waals surface area contributed by atoms with E-state index >= 15 is 0 Å². The van der Waals surface area contributed by atoms with Gasteiger partial charge in [0, 0.05) is 31.9 Å². The highest BCUT2D eigenvalue weighted by atomic mass is 15.1. The zero-order chi connectivity index (χ0) is 20.9. The van der Waals surface area contributed by atoms with Crippen LogP contribution in [0.2, 0.25) is 0 Å². The van der Waals surface area contributed by atoms with E-state index in [1.54, 1.807) is 0 Å². The summed E-state index contributed by atoms with van der Waals surface area (Å²) in [6.07, 6.45) is 1.02. The third-order valence-corrected chi connectivity index (χ3v) is 5.23. The predicted molar refractivity (Wildman–Crippen MR) is 123 cm³/mol. The maximum Gasteiger partial charge on any atom is 0.129 e. The fourth-order valence-corrected chi connectivity index (χ4v) is 3.70. The molecule has 0 saturated heterocycles. The second-order valence-corrected chi connectivity index (χ2v) is 7.56. The molecule has 0 unspecified atom stereocenters. The lowest BCUT2D eigenvalue weighted by molar-refractivity contribution is 0.754. The molecule has 4 rings (SSSR count). The van der Waals surface area contributed by atoms with Gasteiger partial charge in [-0.25, -0.2) is 15.0 Å². The lowest BCUT2D eigenvalue weighted by Crippen LogP contribution is -2.21. The van der Waals surface area contributed by atoms with Gasteiger partial charge in [-0.05, 0) is 44.5 Å². The summed E-state index contributed by atoms with van der Waals surface area (Å²) in [5.41, 5.74) is 4.37. The molecular formula is C24H28N6. The summed E-state index contributed by atoms with van der Waals surface area (Å²) in [5, 5.41) is 3.46. The van der Waals surface area contributed by atoms with Crippen molar-refractivity contribution in [2.45, 2.75) is 26.8 Å². The SMILES string of the molecule is Cc1nc(Cn2c(C)nc3ccccc32)cc(NCCCN(C)c2ccccc2)n1. The first-order chi connectivity index (χ1) is 14.6. The van der Waals surface area contributed by atoms with Crippen LogP contribution in [-0.2, 0) is 6.54 Å². The van der Waals surface area contributed by atoms with Gasteiger partial charge in [0.05, 0.1) is 23.3 Å². The van der Waals surface area contributed by atoms with Crippen LogP contribution in [0.3, 0.4) is 0 Å². The third-order valence-electron chi connectivity index (χ3n) is 5.23. The summed E-state index contributed by atoms with van der Waals surface area (Å²) in [6, 6.07) is 20.7. The van der Waals surface area contributed by atoms with Crippen molar-refractivity contribution in [1.82, 2.24) is 19.5 Å². The van der Waals surface area contributed by atoms with Gasteiger partial charge < -0.3 is 14.8 Å². The summed E-state index contributed by atoms with van der Waals surface area (Å²) in [4.78, 5) is 16.1. The molecule has 0 aliphatic rings. The van der Waals surface area contributed by atoms with E-state index in [1.807, 2.05) is 44.2 Å². The Balaban J connectivity index is 1.39. The number of nitrogens with one attached hydrogen (secondary N) is 1. The van der Waals surface area contributed by atoms with Crippen LogP contribution in [0.1, 0.15) is 23.8 Å². The van der Waals surface area contributed by atoms with Crippen molar-refractivity contribution < 1.29 is 0 Å². The van der Waals surface area contributed by atoms with Gasteiger partial charge in [-0.15, -0.1) is 0 Å². The maximum absolute atomic E-state index is 4.66. The van der Waals surface area contributed by atoms with Gasteiger partial charge in [-0.1, -0.05) is 30.3 Å². The molecule has 30 heavy (non-hydrogen) atoms. The average Bonchev–Trinajstić information content (AvgIpc) is 3.06. The molecule has 0 amide bonds. The Bertz CT molecular complexity index is 1120. The van der Waals surface area contributed by atoms with Crippen molar-refractivity contribution in [3.05, 3.63) is 78.0 Å². The van der Waals surface area contributed by atoms with E-state index in [1.165, 1.54) is 5.69 Å². The summed E-state index contributed by atoms with van der Waals surface area (Å²) in [7, 11) is 2.13. The number of anilines is 2. The summed E-state index contributed by atoms with van der Waals surface area (Å²) in [6.45, 7) is 6.50. The Morgan fingerprint density at radius 3 is 2.53 bits per heavy atom. The zero-order valence-corrected chi connectivity index (χ0v) is 17.8. The van der Waals surface area contributed by atoms with Crippen molar-refractivity contribution in [2.75, 3.05) is 30.4 Å². The van der Waals surface area contributed by atoms with E-state index in [2.05, 4.69) is 67.1 Å². The van der Waals surface area contributed by atoms with E-state index in [4.69, 9.17) is 0 Å². The van der Waals surface area contributed by atoms with Gasteiger partial charge in [-0.3, -0.25) is 0 Å². The molecule has 4 aromatic rings. The highest BCUT2D eigenvalue weighted by Crippen LogP contribution is 2.18. The van der Waals surface area contributed by atoms with Crippen LogP contribution < -0.4 is 10.2 Å². The first-order valence-corrected chi connectivity index (χ1v) is 10.4. The quantitative estimate of drug-likeness (QED) is 0.444. The van der Waals surface area contributed by atoms with E-state index in [0.717, 1.165) is 53.7 Å². The van der Waals surface area contributed by atoms with E-state index < -0.39 is 0 Å². The van der Waals surface area contributed by atoms with E-state index in [-0.39, 0.29) is 0 Å². The van der Waals surface area contributed by atoms with Crippen molar-refractivity contribution in [1.29, 1.82) is 0 Å². The van der Waals surface area contributed by atoms with Crippen molar-refractivity contribution in [2.24, 2.45) is 0 Å². The van der Waals surface area contributed by atoms with Crippen LogP contribution in [-0.4, -0.2) is 39.7 Å². The van der Waals surface area contributed by atoms with Crippen LogP contribution in [0.4, 0.5) is 11.5 Å². The second-order valence-electron chi connectivity index (χ2n) is 7.56. The summed E-state index contributed by atoms with van der Waals surface area (Å²) >= 11 is 0. The van der Waals surface area contributed by atoms with Crippen LogP contribution in [0, 0.1) is 13.8 Å². The van der Waals surface area contributed by atoms with Crippen LogP contribution in [0.15, 0.2) is 60.7 Å². The summed E-state index contributed by atoms with van der Waals surface area (Å²) in [5.74, 6) is 2.64. The Morgan fingerprint density at radius 2 is 1.70 bits per heavy atom. The van der Waals surface area contributed by atoms with Gasteiger partial charge in [0.1, 0.15) is 17.5 Å². The Hall–Kier alpha value is -3.41. The molecule has 2 aromatic carbocycles. The van der Waals surface area contributed by atoms with Crippen LogP contribution >= 0.6 is 0 Å². The molecule has 0 aliphatic heterocycles. The summed E-state index contributed by atoms with van der Waals surface area (Å²) < 4.78 is 2.20. The third kappa shape index (κ3) is 4.59. The Morgan fingerprint density at radius 1 is 0.933 bits per heavy atom. The number of nitrogens with zero attached hydrogens (tertiary/aromatic N) is 5. The van der Waals surface area contributed by atoms with Crippen LogP contribution in [0.25, 0.3) is 11.0 Å². The average molecular weight is 401 g/mol. The minimum atomic E-state index is 0.682. The number of para-hydroxylation sites is 3. The first-order valence-electron chi connectivity index (χ1n) is 10.4. The molecule has 0 saturated carbocycles.